The quantitative estimate of drug-likeness (QED) is 0.817. The van der Waals surface area contributed by atoms with E-state index in [1.807, 2.05) is 37.3 Å². The average molecular weight is 285 g/mol. The first-order valence-electron chi connectivity index (χ1n) is 6.28. The second kappa shape index (κ2) is 5.02. The summed E-state index contributed by atoms with van der Waals surface area (Å²) >= 11 is 5.98. The fourth-order valence-corrected chi connectivity index (χ4v) is 2.28. The number of nitrogens with one attached hydrogen (secondary N) is 2. The average Bonchev–Trinajstić information content (AvgIpc) is 2.73. The van der Waals surface area contributed by atoms with Crippen LogP contribution >= 0.6 is 11.6 Å². The molecule has 2 N–H and O–H groups in total. The molecule has 2 aromatic rings. The van der Waals surface area contributed by atoms with Gasteiger partial charge in [-0.15, -0.1) is 0 Å². The summed E-state index contributed by atoms with van der Waals surface area (Å²) in [7, 11) is 0. The van der Waals surface area contributed by atoms with Crippen molar-refractivity contribution in [3.05, 3.63) is 64.8 Å². The van der Waals surface area contributed by atoms with Crippen LogP contribution in [0.1, 0.15) is 11.1 Å². The van der Waals surface area contributed by atoms with Gasteiger partial charge in [0.2, 0.25) is 0 Å². The second-order valence-corrected chi connectivity index (χ2v) is 5.15. The number of hydrogen-bond donors (Lipinski definition) is 2. The Morgan fingerprint density at radius 1 is 1.15 bits per heavy atom. The van der Waals surface area contributed by atoms with Gasteiger partial charge in [-0.3, -0.25) is 4.79 Å². The molecule has 1 aliphatic heterocycles. The van der Waals surface area contributed by atoms with E-state index in [0.717, 1.165) is 16.9 Å². The highest BCUT2D eigenvalue weighted by Crippen LogP contribution is 2.33. The standard InChI is InChI=1S/C16H13ClN2O/c1-10-2-5-12(6-3-10)18-9-14-13-8-11(17)4-7-15(13)19-16(14)20/h2-9,18H,1H3,(H,19,20)/b14-9+. The molecule has 0 radical (unpaired) electrons. The molecular formula is C16H13ClN2O. The van der Waals surface area contributed by atoms with Gasteiger partial charge in [0.1, 0.15) is 0 Å². The molecule has 0 unspecified atom stereocenters. The van der Waals surface area contributed by atoms with Crippen molar-refractivity contribution in [2.45, 2.75) is 6.92 Å². The fraction of sp³-hybridized carbons (Fsp3) is 0.0625. The maximum absolute atomic E-state index is 12.0. The number of carbonyl (C=O) groups excluding carboxylic acids is 1. The summed E-state index contributed by atoms with van der Waals surface area (Å²) in [5.41, 5.74) is 4.33. The Kier molecular flexibility index (Phi) is 3.20. The molecule has 0 atom stereocenters. The van der Waals surface area contributed by atoms with E-state index in [1.165, 1.54) is 5.56 Å². The summed E-state index contributed by atoms with van der Waals surface area (Å²) in [5.74, 6) is -0.123. The lowest BCUT2D eigenvalue weighted by molar-refractivity contribution is -0.110. The Bertz CT molecular complexity index is 705. The fourth-order valence-electron chi connectivity index (χ4n) is 2.11. The van der Waals surface area contributed by atoms with E-state index < -0.39 is 0 Å². The lowest BCUT2D eigenvalue weighted by atomic mass is 10.1. The molecule has 0 aliphatic carbocycles. The molecule has 0 saturated carbocycles. The minimum atomic E-state index is -0.123. The Morgan fingerprint density at radius 2 is 1.90 bits per heavy atom. The lowest BCUT2D eigenvalue weighted by Crippen LogP contribution is -2.05. The largest absolute Gasteiger partial charge is 0.361 e. The van der Waals surface area contributed by atoms with Crippen molar-refractivity contribution < 1.29 is 4.79 Å². The van der Waals surface area contributed by atoms with Gasteiger partial charge in [0, 0.05) is 28.2 Å². The highest BCUT2D eigenvalue weighted by atomic mass is 35.5. The monoisotopic (exact) mass is 284 g/mol. The van der Waals surface area contributed by atoms with Crippen molar-refractivity contribution in [1.82, 2.24) is 0 Å². The topological polar surface area (TPSA) is 41.1 Å². The molecule has 100 valence electrons. The van der Waals surface area contributed by atoms with Gasteiger partial charge in [-0.1, -0.05) is 29.3 Å². The molecule has 0 fully saturated rings. The smallest absolute Gasteiger partial charge is 0.257 e. The number of anilines is 2. The molecule has 1 heterocycles. The number of hydrogen-bond acceptors (Lipinski definition) is 2. The molecule has 1 aliphatic rings. The summed E-state index contributed by atoms with van der Waals surface area (Å²) in [5, 5.41) is 6.57. The van der Waals surface area contributed by atoms with Crippen LogP contribution in [0, 0.1) is 6.92 Å². The van der Waals surface area contributed by atoms with Crippen LogP contribution in [-0.2, 0) is 4.79 Å². The first kappa shape index (κ1) is 12.8. The zero-order valence-electron chi connectivity index (χ0n) is 10.9. The van der Waals surface area contributed by atoms with Crippen LogP contribution in [0.15, 0.2) is 48.7 Å². The third-order valence-electron chi connectivity index (χ3n) is 3.20. The van der Waals surface area contributed by atoms with Gasteiger partial charge in [0.05, 0.1) is 5.57 Å². The first-order valence-corrected chi connectivity index (χ1v) is 6.66. The third kappa shape index (κ3) is 2.40. The zero-order valence-corrected chi connectivity index (χ0v) is 11.7. The third-order valence-corrected chi connectivity index (χ3v) is 3.43. The van der Waals surface area contributed by atoms with Gasteiger partial charge in [-0.05, 0) is 37.3 Å². The lowest BCUT2D eigenvalue weighted by Gasteiger charge is -2.03. The zero-order chi connectivity index (χ0) is 14.1. The summed E-state index contributed by atoms with van der Waals surface area (Å²) in [6, 6.07) is 13.3. The molecule has 0 aromatic heterocycles. The molecule has 2 aromatic carbocycles. The highest BCUT2D eigenvalue weighted by molar-refractivity contribution is 6.34. The van der Waals surface area contributed by atoms with E-state index in [-0.39, 0.29) is 5.91 Å². The minimum absolute atomic E-state index is 0.123. The molecule has 3 rings (SSSR count). The van der Waals surface area contributed by atoms with Crippen LogP contribution in [0.2, 0.25) is 5.02 Å². The van der Waals surface area contributed by atoms with Gasteiger partial charge in [0.15, 0.2) is 0 Å². The van der Waals surface area contributed by atoms with Crippen LogP contribution in [-0.4, -0.2) is 5.91 Å². The second-order valence-electron chi connectivity index (χ2n) is 4.71. The molecule has 0 bridgehead atoms. The van der Waals surface area contributed by atoms with Gasteiger partial charge < -0.3 is 10.6 Å². The number of halogens is 1. The normalized spacial score (nSPS) is 15.1. The molecule has 0 saturated heterocycles. The van der Waals surface area contributed by atoms with E-state index in [9.17, 15) is 4.79 Å². The van der Waals surface area contributed by atoms with E-state index in [2.05, 4.69) is 10.6 Å². The van der Waals surface area contributed by atoms with Gasteiger partial charge in [0.25, 0.3) is 5.91 Å². The van der Waals surface area contributed by atoms with Gasteiger partial charge >= 0.3 is 0 Å². The Labute approximate surface area is 122 Å². The van der Waals surface area contributed by atoms with Crippen molar-refractivity contribution in [3.63, 3.8) is 0 Å². The molecule has 3 nitrogen and oxygen atoms in total. The van der Waals surface area contributed by atoms with E-state index in [4.69, 9.17) is 11.6 Å². The number of amides is 1. The summed E-state index contributed by atoms with van der Waals surface area (Å²) in [6.45, 7) is 2.03. The van der Waals surface area contributed by atoms with Gasteiger partial charge in [-0.25, -0.2) is 0 Å². The molecule has 0 spiro atoms. The molecule has 1 amide bonds. The summed E-state index contributed by atoms with van der Waals surface area (Å²) < 4.78 is 0. The highest BCUT2D eigenvalue weighted by Gasteiger charge is 2.24. The predicted molar refractivity (Wildman–Crippen MR) is 82.9 cm³/mol. The van der Waals surface area contributed by atoms with Crippen LogP contribution < -0.4 is 10.6 Å². The van der Waals surface area contributed by atoms with Crippen LogP contribution in [0.25, 0.3) is 5.57 Å². The Hall–Kier alpha value is -2.26. The number of carbonyl (C=O) groups is 1. The SMILES string of the molecule is Cc1ccc(N/C=C2/C(=O)Nc3ccc(Cl)cc32)cc1. The predicted octanol–water partition coefficient (Wildman–Crippen LogP) is 4.05. The molecular weight excluding hydrogens is 272 g/mol. The van der Waals surface area contributed by atoms with Crippen LogP contribution in [0.3, 0.4) is 0 Å². The van der Waals surface area contributed by atoms with E-state index in [0.29, 0.717) is 10.6 Å². The summed E-state index contributed by atoms with van der Waals surface area (Å²) in [6.07, 6.45) is 1.71. The minimum Gasteiger partial charge on any atom is -0.361 e. The van der Waals surface area contributed by atoms with Crippen molar-refractivity contribution in [3.8, 4) is 0 Å². The summed E-state index contributed by atoms with van der Waals surface area (Å²) in [4.78, 5) is 12.0. The van der Waals surface area contributed by atoms with Crippen molar-refractivity contribution in [2.24, 2.45) is 0 Å². The number of rotatable bonds is 2. The molecule has 20 heavy (non-hydrogen) atoms. The van der Waals surface area contributed by atoms with Crippen molar-refractivity contribution in [2.75, 3.05) is 10.6 Å². The number of fused-ring (bicyclic) bond motifs is 1. The van der Waals surface area contributed by atoms with Crippen molar-refractivity contribution >= 4 is 34.5 Å². The Balaban J connectivity index is 1.90. The molecule has 4 heteroatoms. The number of aryl methyl sites for hydroxylation is 1. The first-order chi connectivity index (χ1) is 9.63. The maximum atomic E-state index is 12.0. The maximum Gasteiger partial charge on any atom is 0.257 e. The van der Waals surface area contributed by atoms with E-state index in [1.54, 1.807) is 18.3 Å². The van der Waals surface area contributed by atoms with Crippen LogP contribution in [0.5, 0.6) is 0 Å². The van der Waals surface area contributed by atoms with Gasteiger partial charge in [-0.2, -0.15) is 0 Å². The van der Waals surface area contributed by atoms with Crippen LogP contribution in [0.4, 0.5) is 11.4 Å². The Morgan fingerprint density at radius 3 is 2.65 bits per heavy atom. The van der Waals surface area contributed by atoms with E-state index >= 15 is 0 Å². The van der Waals surface area contributed by atoms with Crippen molar-refractivity contribution in [1.29, 1.82) is 0 Å². The number of benzene rings is 2.